The zero-order valence-corrected chi connectivity index (χ0v) is 23.3. The number of aliphatic carboxylic acids is 1. The van der Waals surface area contributed by atoms with Crippen molar-refractivity contribution in [1.82, 2.24) is 9.97 Å². The minimum Gasteiger partial charge on any atom is -0.497 e. The summed E-state index contributed by atoms with van der Waals surface area (Å²) in [5.41, 5.74) is 3.48. The average molecular weight is 565 g/mol. The number of oxazole rings is 1. The number of pyridine rings is 1. The summed E-state index contributed by atoms with van der Waals surface area (Å²) in [6.07, 6.45) is 2.34. The molecule has 1 aliphatic rings. The largest absolute Gasteiger partial charge is 0.497 e. The molecule has 12 heteroatoms. The summed E-state index contributed by atoms with van der Waals surface area (Å²) in [6, 6.07) is 11.6. The molecule has 0 unspecified atom stereocenters. The van der Waals surface area contributed by atoms with E-state index in [1.165, 1.54) is 0 Å². The Morgan fingerprint density at radius 1 is 0.976 bits per heavy atom. The first-order valence-electron chi connectivity index (χ1n) is 12.9. The lowest BCUT2D eigenvalue weighted by molar-refractivity contribution is -0.150. The van der Waals surface area contributed by atoms with Crippen molar-refractivity contribution in [2.24, 2.45) is 0 Å². The van der Waals surface area contributed by atoms with Crippen LogP contribution in [-0.2, 0) is 22.6 Å². The summed E-state index contributed by atoms with van der Waals surface area (Å²) < 4.78 is 33.9. The fourth-order valence-corrected chi connectivity index (χ4v) is 4.77. The Balaban J connectivity index is 1.55. The van der Waals surface area contributed by atoms with Crippen molar-refractivity contribution < 1.29 is 38.0 Å². The predicted octanol–water partition coefficient (Wildman–Crippen LogP) is 3.75. The van der Waals surface area contributed by atoms with Gasteiger partial charge in [0.1, 0.15) is 34.2 Å². The van der Waals surface area contributed by atoms with Gasteiger partial charge in [-0.2, -0.15) is 4.98 Å². The second kappa shape index (κ2) is 12.2. The van der Waals surface area contributed by atoms with Crippen molar-refractivity contribution in [1.29, 1.82) is 0 Å². The highest BCUT2D eigenvalue weighted by molar-refractivity contribution is 5.87. The normalized spacial score (nSPS) is 15.0. The number of carboxylic acids is 1. The standard InChI is InChI=1S/C29H32N4O8/c1-36-20-7-5-18(24(11-20)38-3)15-33(16-19-6-8-21(37-2)12-25(19)39-4)29-31-22-13-30-14-23(27(22)41-29)32-9-10-40-26(17-32)28(34)35/h5-8,11-14,26H,9-10,15-17H2,1-4H3,(H,34,35)/t26-/m1/s1. The summed E-state index contributed by atoms with van der Waals surface area (Å²) in [4.78, 5) is 24.6. The van der Waals surface area contributed by atoms with Crippen LogP contribution in [0.5, 0.6) is 23.0 Å². The van der Waals surface area contributed by atoms with Gasteiger partial charge >= 0.3 is 5.97 Å². The Morgan fingerprint density at radius 2 is 1.61 bits per heavy atom. The minimum absolute atomic E-state index is 0.169. The van der Waals surface area contributed by atoms with E-state index in [4.69, 9.17) is 33.1 Å². The topological polar surface area (TPSA) is 129 Å². The van der Waals surface area contributed by atoms with Gasteiger partial charge < -0.3 is 43.0 Å². The van der Waals surface area contributed by atoms with Crippen LogP contribution in [0, 0.1) is 0 Å². The highest BCUT2D eigenvalue weighted by Gasteiger charge is 2.29. The summed E-state index contributed by atoms with van der Waals surface area (Å²) in [7, 11) is 6.43. The lowest BCUT2D eigenvalue weighted by Crippen LogP contribution is -2.46. The molecule has 0 saturated carbocycles. The molecule has 216 valence electrons. The molecule has 12 nitrogen and oxygen atoms in total. The van der Waals surface area contributed by atoms with E-state index in [2.05, 4.69) is 4.98 Å². The van der Waals surface area contributed by atoms with Gasteiger partial charge in [-0.1, -0.05) is 0 Å². The first-order valence-corrected chi connectivity index (χ1v) is 12.9. The maximum Gasteiger partial charge on any atom is 0.334 e. The molecule has 2 aromatic heterocycles. The number of ether oxygens (including phenoxy) is 5. The van der Waals surface area contributed by atoms with Crippen molar-refractivity contribution in [3.05, 3.63) is 59.9 Å². The number of aromatic nitrogens is 2. The van der Waals surface area contributed by atoms with E-state index in [1.54, 1.807) is 40.8 Å². The maximum absolute atomic E-state index is 11.6. The number of morpholine rings is 1. The Kier molecular flexibility index (Phi) is 8.29. The monoisotopic (exact) mass is 564 g/mol. The second-order valence-corrected chi connectivity index (χ2v) is 9.36. The molecule has 41 heavy (non-hydrogen) atoms. The molecule has 4 aromatic rings. The first kappa shape index (κ1) is 27.8. The van der Waals surface area contributed by atoms with Crippen LogP contribution in [0.1, 0.15) is 11.1 Å². The molecule has 0 aliphatic carbocycles. The Bertz CT molecular complexity index is 1470. The van der Waals surface area contributed by atoms with E-state index in [9.17, 15) is 9.90 Å². The molecule has 0 radical (unpaired) electrons. The van der Waals surface area contributed by atoms with Crippen molar-refractivity contribution in [3.63, 3.8) is 0 Å². The molecule has 0 amide bonds. The van der Waals surface area contributed by atoms with Gasteiger partial charge in [-0.05, 0) is 24.3 Å². The molecule has 1 aliphatic heterocycles. The van der Waals surface area contributed by atoms with Crippen LogP contribution in [0.25, 0.3) is 11.1 Å². The number of carbonyl (C=O) groups is 1. The fourth-order valence-electron chi connectivity index (χ4n) is 4.77. The van der Waals surface area contributed by atoms with Gasteiger partial charge in [0.25, 0.3) is 6.01 Å². The van der Waals surface area contributed by atoms with Crippen LogP contribution in [0.2, 0.25) is 0 Å². The number of hydrogen-bond acceptors (Lipinski definition) is 11. The molecule has 0 spiro atoms. The van der Waals surface area contributed by atoms with Gasteiger partial charge in [-0.15, -0.1) is 0 Å². The average Bonchev–Trinajstić information content (AvgIpc) is 3.45. The van der Waals surface area contributed by atoms with Gasteiger partial charge in [0.15, 0.2) is 11.7 Å². The molecule has 3 heterocycles. The van der Waals surface area contributed by atoms with Crippen molar-refractivity contribution in [3.8, 4) is 23.0 Å². The van der Waals surface area contributed by atoms with Crippen molar-refractivity contribution in [2.75, 3.05) is 57.9 Å². The Hall–Kier alpha value is -4.71. The summed E-state index contributed by atoms with van der Waals surface area (Å²) >= 11 is 0. The van der Waals surface area contributed by atoms with E-state index >= 15 is 0 Å². The number of rotatable bonds is 11. The molecule has 0 bridgehead atoms. The first-order chi connectivity index (χ1) is 19.9. The van der Waals surface area contributed by atoms with Crippen LogP contribution >= 0.6 is 0 Å². The number of anilines is 2. The quantitative estimate of drug-likeness (QED) is 0.285. The smallest absolute Gasteiger partial charge is 0.334 e. The van der Waals surface area contributed by atoms with Crippen LogP contribution in [-0.4, -0.2) is 75.3 Å². The third kappa shape index (κ3) is 5.92. The maximum atomic E-state index is 11.6. The zero-order chi connectivity index (χ0) is 28.9. The van der Waals surface area contributed by atoms with E-state index in [1.807, 2.05) is 46.2 Å². The van der Waals surface area contributed by atoms with Gasteiger partial charge in [0, 0.05) is 29.8 Å². The van der Waals surface area contributed by atoms with Gasteiger partial charge in [-0.3, -0.25) is 4.98 Å². The van der Waals surface area contributed by atoms with E-state index in [-0.39, 0.29) is 13.2 Å². The molecular formula is C29H32N4O8. The van der Waals surface area contributed by atoms with Crippen molar-refractivity contribution >= 4 is 28.8 Å². The van der Waals surface area contributed by atoms with Crippen molar-refractivity contribution in [2.45, 2.75) is 19.2 Å². The predicted molar refractivity (Wildman–Crippen MR) is 150 cm³/mol. The molecule has 2 aromatic carbocycles. The van der Waals surface area contributed by atoms with Gasteiger partial charge in [0.05, 0.1) is 67.1 Å². The van der Waals surface area contributed by atoms with E-state index in [0.29, 0.717) is 65.4 Å². The number of carboxylic acid groups (broad SMARTS) is 1. The minimum atomic E-state index is -1.01. The van der Waals surface area contributed by atoms with Crippen LogP contribution < -0.4 is 28.7 Å². The van der Waals surface area contributed by atoms with Crippen LogP contribution in [0.15, 0.2) is 53.2 Å². The molecular weight excluding hydrogens is 532 g/mol. The Morgan fingerprint density at radius 3 is 2.17 bits per heavy atom. The molecule has 1 saturated heterocycles. The Labute approximate surface area is 237 Å². The van der Waals surface area contributed by atoms with Gasteiger partial charge in [0.2, 0.25) is 0 Å². The summed E-state index contributed by atoms with van der Waals surface area (Å²) in [5.74, 6) is 1.65. The molecule has 5 rings (SSSR count). The second-order valence-electron chi connectivity index (χ2n) is 9.36. The number of fused-ring (bicyclic) bond motifs is 1. The summed E-state index contributed by atoms with van der Waals surface area (Å²) in [6.45, 7) is 1.71. The number of hydrogen-bond donors (Lipinski definition) is 1. The lowest BCUT2D eigenvalue weighted by atomic mass is 10.1. The summed E-state index contributed by atoms with van der Waals surface area (Å²) in [5, 5.41) is 9.48. The molecule has 1 atom stereocenters. The molecule has 1 fully saturated rings. The number of methoxy groups -OCH3 is 4. The highest BCUT2D eigenvalue weighted by Crippen LogP contribution is 2.35. The van der Waals surface area contributed by atoms with Gasteiger partial charge in [-0.25, -0.2) is 4.79 Å². The SMILES string of the molecule is COc1ccc(CN(Cc2ccc(OC)cc2OC)c2nc3cncc(N4CCO[C@@H](C(=O)O)C4)c3o2)c(OC)c1. The van der Waals surface area contributed by atoms with E-state index in [0.717, 1.165) is 11.1 Å². The number of benzene rings is 2. The number of nitrogens with zero attached hydrogens (tertiary/aromatic N) is 4. The lowest BCUT2D eigenvalue weighted by Gasteiger charge is -2.32. The third-order valence-electron chi connectivity index (χ3n) is 6.93. The zero-order valence-electron chi connectivity index (χ0n) is 23.3. The van der Waals surface area contributed by atoms with Crippen LogP contribution in [0.4, 0.5) is 11.7 Å². The third-order valence-corrected chi connectivity index (χ3v) is 6.93. The highest BCUT2D eigenvalue weighted by atomic mass is 16.5. The molecule has 1 N–H and O–H groups in total. The van der Waals surface area contributed by atoms with E-state index < -0.39 is 12.1 Å². The fraction of sp³-hybridized carbons (Fsp3) is 0.345. The van der Waals surface area contributed by atoms with Crippen LogP contribution in [0.3, 0.4) is 0 Å².